The summed E-state index contributed by atoms with van der Waals surface area (Å²) in [6, 6.07) is 6.21. The number of anilines is 1. The van der Waals surface area contributed by atoms with Gasteiger partial charge in [-0.2, -0.15) is 0 Å². The van der Waals surface area contributed by atoms with Gasteiger partial charge in [0.05, 0.1) is 12.2 Å². The van der Waals surface area contributed by atoms with Crippen molar-refractivity contribution in [1.29, 1.82) is 0 Å². The van der Waals surface area contributed by atoms with Gasteiger partial charge in [0, 0.05) is 5.92 Å². The summed E-state index contributed by atoms with van der Waals surface area (Å²) in [7, 11) is 0. The number of benzene rings is 1. The van der Waals surface area contributed by atoms with E-state index in [1.165, 1.54) is 16.8 Å². The Morgan fingerprint density at radius 1 is 1.44 bits per heavy atom. The van der Waals surface area contributed by atoms with E-state index in [-0.39, 0.29) is 11.4 Å². The molecule has 0 spiro atoms. The maximum atomic E-state index is 13.1. The fourth-order valence-electron chi connectivity index (χ4n) is 2.13. The van der Waals surface area contributed by atoms with Crippen molar-refractivity contribution < 1.29 is 4.39 Å². The molecule has 1 fully saturated rings. The first-order valence-electron chi connectivity index (χ1n) is 5.98. The van der Waals surface area contributed by atoms with Gasteiger partial charge in [-0.1, -0.05) is 12.1 Å². The number of H-pyrrole nitrogens is 1. The number of halogens is 1. The number of nitrogens with two attached hydrogens (primary N) is 1. The van der Waals surface area contributed by atoms with Crippen molar-refractivity contribution in [2.24, 2.45) is 0 Å². The zero-order valence-electron chi connectivity index (χ0n) is 9.82. The van der Waals surface area contributed by atoms with Gasteiger partial charge in [-0.3, -0.25) is 9.89 Å². The number of nitrogen functional groups attached to an aromatic ring is 1. The Morgan fingerprint density at radius 3 is 2.89 bits per heavy atom. The van der Waals surface area contributed by atoms with Gasteiger partial charge < -0.3 is 5.73 Å². The van der Waals surface area contributed by atoms with E-state index in [0.717, 1.165) is 24.1 Å². The Hall–Kier alpha value is -2.04. The minimum absolute atomic E-state index is 0.221. The monoisotopic (exact) mass is 247 g/mol. The molecule has 1 saturated carbocycles. The van der Waals surface area contributed by atoms with Crippen LogP contribution >= 0.6 is 0 Å². The van der Waals surface area contributed by atoms with E-state index in [0.29, 0.717) is 18.2 Å². The van der Waals surface area contributed by atoms with Crippen molar-refractivity contribution in [2.75, 3.05) is 5.73 Å². The Balaban J connectivity index is 1.93. The van der Waals surface area contributed by atoms with Gasteiger partial charge in [-0.25, -0.2) is 9.07 Å². The first kappa shape index (κ1) is 11.1. The van der Waals surface area contributed by atoms with Crippen molar-refractivity contribution in [3.63, 3.8) is 0 Å². The molecule has 4 nitrogen and oxygen atoms in total. The predicted molar refractivity (Wildman–Crippen MR) is 66.9 cm³/mol. The SMILES string of the molecule is Nc1c(C2CC2)[nH]n(Cc2cccc(F)c2)c1=O. The van der Waals surface area contributed by atoms with Crippen LogP contribution in [-0.4, -0.2) is 9.78 Å². The molecule has 1 aromatic carbocycles. The van der Waals surface area contributed by atoms with Crippen molar-refractivity contribution in [2.45, 2.75) is 25.3 Å². The van der Waals surface area contributed by atoms with Gasteiger partial charge in [-0.15, -0.1) is 0 Å². The molecule has 1 heterocycles. The number of aromatic nitrogens is 2. The lowest BCUT2D eigenvalue weighted by Crippen LogP contribution is -2.19. The molecular weight excluding hydrogens is 233 g/mol. The number of hydrogen-bond acceptors (Lipinski definition) is 2. The quantitative estimate of drug-likeness (QED) is 0.869. The van der Waals surface area contributed by atoms with Crippen LogP contribution in [0.25, 0.3) is 0 Å². The molecule has 5 heteroatoms. The lowest BCUT2D eigenvalue weighted by Gasteiger charge is -2.02. The minimum Gasteiger partial charge on any atom is -0.393 e. The number of nitrogens with one attached hydrogen (secondary N) is 1. The molecule has 3 N–H and O–H groups in total. The second-order valence-electron chi connectivity index (χ2n) is 4.73. The van der Waals surface area contributed by atoms with E-state index in [1.54, 1.807) is 12.1 Å². The smallest absolute Gasteiger partial charge is 0.290 e. The van der Waals surface area contributed by atoms with Crippen LogP contribution in [0.2, 0.25) is 0 Å². The topological polar surface area (TPSA) is 63.8 Å². The average Bonchev–Trinajstić information content (AvgIpc) is 3.13. The second-order valence-corrected chi connectivity index (χ2v) is 4.73. The molecule has 1 aliphatic carbocycles. The van der Waals surface area contributed by atoms with E-state index < -0.39 is 0 Å². The molecule has 0 unspecified atom stereocenters. The highest BCUT2D eigenvalue weighted by Crippen LogP contribution is 2.40. The number of nitrogens with zero attached hydrogens (tertiary/aromatic N) is 1. The summed E-state index contributed by atoms with van der Waals surface area (Å²) < 4.78 is 14.5. The Kier molecular flexibility index (Phi) is 2.47. The molecule has 18 heavy (non-hydrogen) atoms. The van der Waals surface area contributed by atoms with Gasteiger partial charge in [0.2, 0.25) is 0 Å². The molecule has 94 valence electrons. The second kappa shape index (κ2) is 4.01. The van der Waals surface area contributed by atoms with E-state index >= 15 is 0 Å². The molecule has 2 aromatic rings. The number of aromatic amines is 1. The van der Waals surface area contributed by atoms with Crippen LogP contribution in [0.15, 0.2) is 29.1 Å². The average molecular weight is 247 g/mol. The zero-order valence-corrected chi connectivity index (χ0v) is 9.82. The molecule has 0 radical (unpaired) electrons. The van der Waals surface area contributed by atoms with Crippen molar-refractivity contribution in [3.8, 4) is 0 Å². The molecule has 0 saturated heterocycles. The summed E-state index contributed by atoms with van der Waals surface area (Å²) in [5.74, 6) is 0.0916. The highest BCUT2D eigenvalue weighted by Gasteiger charge is 2.29. The lowest BCUT2D eigenvalue weighted by molar-refractivity contribution is 0.614. The Morgan fingerprint density at radius 2 is 2.22 bits per heavy atom. The fraction of sp³-hybridized carbons (Fsp3) is 0.308. The first-order chi connectivity index (χ1) is 8.65. The maximum absolute atomic E-state index is 13.1. The Bertz CT molecular complexity index is 640. The zero-order chi connectivity index (χ0) is 12.7. The number of rotatable bonds is 3. The lowest BCUT2D eigenvalue weighted by atomic mass is 10.2. The third kappa shape index (κ3) is 1.92. The molecular formula is C13H14FN3O. The van der Waals surface area contributed by atoms with Crippen LogP contribution in [0.4, 0.5) is 10.1 Å². The molecule has 0 aliphatic heterocycles. The van der Waals surface area contributed by atoms with Crippen LogP contribution in [0.1, 0.15) is 30.0 Å². The van der Waals surface area contributed by atoms with Gasteiger partial charge in [0.25, 0.3) is 5.56 Å². The van der Waals surface area contributed by atoms with Crippen LogP contribution in [0, 0.1) is 5.82 Å². The van der Waals surface area contributed by atoms with E-state index in [9.17, 15) is 9.18 Å². The Labute approximate surface area is 103 Å². The summed E-state index contributed by atoms with van der Waals surface area (Å²) in [6.45, 7) is 0.313. The summed E-state index contributed by atoms with van der Waals surface area (Å²) in [4.78, 5) is 11.9. The molecule has 0 atom stereocenters. The molecule has 0 bridgehead atoms. The van der Waals surface area contributed by atoms with Crippen molar-refractivity contribution >= 4 is 5.69 Å². The maximum Gasteiger partial charge on any atom is 0.290 e. The van der Waals surface area contributed by atoms with Gasteiger partial charge >= 0.3 is 0 Å². The van der Waals surface area contributed by atoms with Crippen LogP contribution in [0.3, 0.4) is 0 Å². The van der Waals surface area contributed by atoms with Crippen LogP contribution in [-0.2, 0) is 6.54 Å². The molecule has 0 amide bonds. The van der Waals surface area contributed by atoms with E-state index in [4.69, 9.17) is 5.73 Å². The highest BCUT2D eigenvalue weighted by molar-refractivity contribution is 5.44. The third-order valence-electron chi connectivity index (χ3n) is 3.24. The van der Waals surface area contributed by atoms with Crippen molar-refractivity contribution in [1.82, 2.24) is 9.78 Å². The summed E-state index contributed by atoms with van der Waals surface area (Å²) in [5.41, 5.74) is 7.43. The summed E-state index contributed by atoms with van der Waals surface area (Å²) in [5, 5.41) is 3.04. The normalized spacial score (nSPS) is 14.9. The fourth-order valence-corrected chi connectivity index (χ4v) is 2.13. The predicted octanol–water partition coefficient (Wildman–Crippen LogP) is 1.82. The van der Waals surface area contributed by atoms with Crippen LogP contribution < -0.4 is 11.3 Å². The molecule has 1 aromatic heterocycles. The van der Waals surface area contributed by atoms with E-state index in [1.807, 2.05) is 0 Å². The first-order valence-corrected chi connectivity index (χ1v) is 5.98. The van der Waals surface area contributed by atoms with Crippen LogP contribution in [0.5, 0.6) is 0 Å². The third-order valence-corrected chi connectivity index (χ3v) is 3.24. The van der Waals surface area contributed by atoms with Crippen molar-refractivity contribution in [3.05, 3.63) is 51.7 Å². The molecule has 1 aliphatic rings. The largest absolute Gasteiger partial charge is 0.393 e. The summed E-state index contributed by atoms with van der Waals surface area (Å²) >= 11 is 0. The van der Waals surface area contributed by atoms with Gasteiger partial charge in [-0.05, 0) is 30.5 Å². The highest BCUT2D eigenvalue weighted by atomic mass is 19.1. The standard InChI is InChI=1S/C13H14FN3O/c14-10-3-1-2-8(6-10)7-17-13(18)11(15)12(16-17)9-4-5-9/h1-3,6,9,16H,4-5,7,15H2. The van der Waals surface area contributed by atoms with E-state index in [2.05, 4.69) is 5.10 Å². The number of hydrogen-bond donors (Lipinski definition) is 2. The minimum atomic E-state index is -0.303. The van der Waals surface area contributed by atoms with Gasteiger partial charge in [0.15, 0.2) is 0 Å². The molecule has 3 rings (SSSR count). The summed E-state index contributed by atoms with van der Waals surface area (Å²) in [6.07, 6.45) is 2.15. The van der Waals surface area contributed by atoms with Gasteiger partial charge in [0.1, 0.15) is 11.5 Å².